The number of hydrogen-bond donors (Lipinski definition) is 2. The maximum absolute atomic E-state index is 5.54. The van der Waals surface area contributed by atoms with Gasteiger partial charge in [0.1, 0.15) is 17.5 Å². The van der Waals surface area contributed by atoms with Crippen LogP contribution in [0.15, 0.2) is 6.07 Å². The van der Waals surface area contributed by atoms with E-state index in [9.17, 15) is 0 Å². The Kier molecular flexibility index (Phi) is 5.54. The molecule has 0 aliphatic carbocycles. The summed E-state index contributed by atoms with van der Waals surface area (Å²) in [5, 5.41) is 3.37. The fourth-order valence-corrected chi connectivity index (χ4v) is 1.64. The lowest BCUT2D eigenvalue weighted by Crippen LogP contribution is -2.23. The smallest absolute Gasteiger partial charge is 0.134 e. The van der Waals surface area contributed by atoms with Crippen molar-refractivity contribution in [2.75, 3.05) is 36.9 Å². The summed E-state index contributed by atoms with van der Waals surface area (Å²) in [5.74, 6) is 2.61. The molecule has 0 aliphatic rings. The molecule has 1 aromatic rings. The van der Waals surface area contributed by atoms with E-state index in [1.54, 1.807) is 0 Å². The Morgan fingerprint density at radius 3 is 2.58 bits per heavy atom. The highest BCUT2D eigenvalue weighted by Crippen LogP contribution is 2.18. The van der Waals surface area contributed by atoms with Gasteiger partial charge >= 0.3 is 0 Å². The van der Waals surface area contributed by atoms with Crippen LogP contribution < -0.4 is 16.0 Å². The molecule has 3 N–H and O–H groups in total. The highest BCUT2D eigenvalue weighted by atomic mass is 15.2. The second kappa shape index (κ2) is 6.70. The predicted octanol–water partition coefficient (Wildman–Crippen LogP) is 2.03. The first-order valence-corrected chi connectivity index (χ1v) is 6.82. The average Bonchev–Trinajstić information content (AvgIpc) is 2.32. The zero-order valence-corrected chi connectivity index (χ0v) is 12.8. The van der Waals surface area contributed by atoms with Crippen LogP contribution in [0.3, 0.4) is 0 Å². The monoisotopic (exact) mass is 265 g/mol. The quantitative estimate of drug-likeness (QED) is 0.824. The van der Waals surface area contributed by atoms with E-state index in [2.05, 4.69) is 41.0 Å². The van der Waals surface area contributed by atoms with E-state index < -0.39 is 0 Å². The predicted molar refractivity (Wildman–Crippen MR) is 81.7 cm³/mol. The van der Waals surface area contributed by atoms with Crippen molar-refractivity contribution in [1.29, 1.82) is 0 Å². The van der Waals surface area contributed by atoms with Crippen molar-refractivity contribution in [3.8, 4) is 0 Å². The molecule has 0 bridgehead atoms. The third-order valence-corrected chi connectivity index (χ3v) is 2.71. The Hall–Kier alpha value is -1.36. The Labute approximate surface area is 116 Å². The number of aryl methyl sites for hydroxylation is 1. The lowest BCUT2D eigenvalue weighted by molar-refractivity contribution is 0.442. The maximum atomic E-state index is 5.54. The summed E-state index contributed by atoms with van der Waals surface area (Å²) < 4.78 is 0. The Morgan fingerprint density at radius 2 is 2.00 bits per heavy atom. The van der Waals surface area contributed by atoms with Crippen molar-refractivity contribution >= 4 is 11.6 Å². The summed E-state index contributed by atoms with van der Waals surface area (Å²) in [4.78, 5) is 11.0. The highest BCUT2D eigenvalue weighted by molar-refractivity contribution is 5.49. The van der Waals surface area contributed by atoms with Gasteiger partial charge in [-0.25, -0.2) is 9.97 Å². The molecule has 0 atom stereocenters. The first-order chi connectivity index (χ1) is 8.81. The van der Waals surface area contributed by atoms with E-state index in [4.69, 9.17) is 5.73 Å². The van der Waals surface area contributed by atoms with Crippen LogP contribution in [-0.2, 0) is 0 Å². The number of nitrogens with one attached hydrogen (secondary N) is 1. The van der Waals surface area contributed by atoms with Crippen molar-refractivity contribution < 1.29 is 0 Å². The second-order valence-electron chi connectivity index (χ2n) is 6.14. The molecule has 0 fully saturated rings. The number of hydrogen-bond acceptors (Lipinski definition) is 5. The van der Waals surface area contributed by atoms with Gasteiger partial charge in [0, 0.05) is 26.2 Å². The van der Waals surface area contributed by atoms with Gasteiger partial charge in [-0.05, 0) is 25.3 Å². The number of anilines is 2. The molecule has 1 rings (SSSR count). The number of nitrogens with two attached hydrogens (primary N) is 1. The lowest BCUT2D eigenvalue weighted by atomic mass is 9.97. The summed E-state index contributed by atoms with van der Waals surface area (Å²) in [6.07, 6.45) is 0.963. The molecule has 1 heterocycles. The standard InChI is InChI=1S/C14H27N5/c1-11-17-12(16-10-14(2,3)4)9-13(18-11)19(5)8-6-7-15/h9H,6-8,10,15H2,1-5H3,(H,16,17,18). The van der Waals surface area contributed by atoms with Crippen LogP contribution in [0.5, 0.6) is 0 Å². The van der Waals surface area contributed by atoms with Crippen molar-refractivity contribution in [2.45, 2.75) is 34.1 Å². The van der Waals surface area contributed by atoms with Gasteiger partial charge in [-0.2, -0.15) is 0 Å². The minimum atomic E-state index is 0.227. The minimum absolute atomic E-state index is 0.227. The van der Waals surface area contributed by atoms with Gasteiger partial charge in [0.15, 0.2) is 0 Å². The third kappa shape index (κ3) is 5.87. The molecule has 0 spiro atoms. The molecule has 0 aliphatic heterocycles. The first-order valence-electron chi connectivity index (χ1n) is 6.82. The highest BCUT2D eigenvalue weighted by Gasteiger charge is 2.11. The summed E-state index contributed by atoms with van der Waals surface area (Å²) in [6.45, 7) is 11.0. The van der Waals surface area contributed by atoms with E-state index in [0.29, 0.717) is 6.54 Å². The largest absolute Gasteiger partial charge is 0.369 e. The molecule has 5 heteroatoms. The molecule has 0 amide bonds. The van der Waals surface area contributed by atoms with Gasteiger partial charge in [0.25, 0.3) is 0 Å². The number of nitrogens with zero attached hydrogens (tertiary/aromatic N) is 3. The molecule has 1 aromatic heterocycles. The number of aromatic nitrogens is 2. The number of rotatable bonds is 6. The fourth-order valence-electron chi connectivity index (χ4n) is 1.64. The lowest BCUT2D eigenvalue weighted by Gasteiger charge is -2.21. The Morgan fingerprint density at radius 1 is 1.32 bits per heavy atom. The van der Waals surface area contributed by atoms with Crippen molar-refractivity contribution in [3.63, 3.8) is 0 Å². The van der Waals surface area contributed by atoms with Crippen LogP contribution in [0, 0.1) is 12.3 Å². The topological polar surface area (TPSA) is 67.1 Å². The van der Waals surface area contributed by atoms with Gasteiger partial charge in [0.05, 0.1) is 0 Å². The Balaban J connectivity index is 2.76. The first kappa shape index (κ1) is 15.7. The zero-order chi connectivity index (χ0) is 14.5. The summed E-state index contributed by atoms with van der Waals surface area (Å²) in [5.41, 5.74) is 5.77. The van der Waals surface area contributed by atoms with Gasteiger partial charge in [-0.3, -0.25) is 0 Å². The molecular weight excluding hydrogens is 238 g/mol. The van der Waals surface area contributed by atoms with Crippen molar-refractivity contribution in [2.24, 2.45) is 11.1 Å². The van der Waals surface area contributed by atoms with Crippen LogP contribution in [0.25, 0.3) is 0 Å². The van der Waals surface area contributed by atoms with Gasteiger partial charge < -0.3 is 16.0 Å². The molecule has 108 valence electrons. The normalized spacial score (nSPS) is 11.5. The molecule has 0 saturated carbocycles. The summed E-state index contributed by atoms with van der Waals surface area (Å²) in [6, 6.07) is 2.00. The minimum Gasteiger partial charge on any atom is -0.369 e. The van der Waals surface area contributed by atoms with E-state index in [1.807, 2.05) is 20.0 Å². The van der Waals surface area contributed by atoms with E-state index >= 15 is 0 Å². The van der Waals surface area contributed by atoms with E-state index in [-0.39, 0.29) is 5.41 Å². The van der Waals surface area contributed by atoms with Crippen molar-refractivity contribution in [1.82, 2.24) is 9.97 Å². The fraction of sp³-hybridized carbons (Fsp3) is 0.714. The van der Waals surface area contributed by atoms with Crippen LogP contribution >= 0.6 is 0 Å². The van der Waals surface area contributed by atoms with Crippen LogP contribution in [0.1, 0.15) is 33.0 Å². The Bertz CT molecular complexity index is 397. The second-order valence-corrected chi connectivity index (χ2v) is 6.14. The van der Waals surface area contributed by atoms with Gasteiger partial charge in [-0.15, -0.1) is 0 Å². The SMILES string of the molecule is Cc1nc(NCC(C)(C)C)cc(N(C)CCCN)n1. The van der Waals surface area contributed by atoms with Crippen molar-refractivity contribution in [3.05, 3.63) is 11.9 Å². The van der Waals surface area contributed by atoms with Gasteiger partial charge in [0.2, 0.25) is 0 Å². The molecule has 0 unspecified atom stereocenters. The summed E-state index contributed by atoms with van der Waals surface area (Å²) >= 11 is 0. The average molecular weight is 265 g/mol. The zero-order valence-electron chi connectivity index (χ0n) is 12.8. The molecule has 0 radical (unpaired) electrons. The molecule has 0 saturated heterocycles. The molecule has 5 nitrogen and oxygen atoms in total. The van der Waals surface area contributed by atoms with Crippen LogP contribution in [0.4, 0.5) is 11.6 Å². The third-order valence-electron chi connectivity index (χ3n) is 2.71. The van der Waals surface area contributed by atoms with E-state index in [0.717, 1.165) is 37.0 Å². The van der Waals surface area contributed by atoms with Crippen LogP contribution in [0.2, 0.25) is 0 Å². The van der Waals surface area contributed by atoms with Gasteiger partial charge in [-0.1, -0.05) is 20.8 Å². The molecule has 0 aromatic carbocycles. The molecular formula is C14H27N5. The summed E-state index contributed by atoms with van der Waals surface area (Å²) in [7, 11) is 2.03. The van der Waals surface area contributed by atoms with Crippen LogP contribution in [-0.4, -0.2) is 36.6 Å². The van der Waals surface area contributed by atoms with E-state index in [1.165, 1.54) is 0 Å². The maximum Gasteiger partial charge on any atom is 0.134 e. The molecule has 19 heavy (non-hydrogen) atoms.